The SMILES string of the molecule is CCCCCc1cc(O)c(C=O)c(OC)c1. The second-order valence-electron chi connectivity index (χ2n) is 3.81. The molecule has 0 amide bonds. The highest BCUT2D eigenvalue weighted by molar-refractivity contribution is 5.83. The molecule has 0 saturated carbocycles. The number of methoxy groups -OCH3 is 1. The van der Waals surface area contributed by atoms with Crippen LogP contribution in [0.1, 0.15) is 42.1 Å². The normalized spacial score (nSPS) is 10.1. The summed E-state index contributed by atoms with van der Waals surface area (Å²) in [5, 5.41) is 9.65. The number of phenols is 1. The van der Waals surface area contributed by atoms with Gasteiger partial charge in [-0.05, 0) is 30.5 Å². The number of hydrogen-bond acceptors (Lipinski definition) is 3. The molecule has 88 valence electrons. The van der Waals surface area contributed by atoms with E-state index in [9.17, 15) is 9.90 Å². The Morgan fingerprint density at radius 1 is 1.38 bits per heavy atom. The van der Waals surface area contributed by atoms with Gasteiger partial charge in [0.25, 0.3) is 0 Å². The van der Waals surface area contributed by atoms with Gasteiger partial charge in [-0.1, -0.05) is 19.8 Å². The van der Waals surface area contributed by atoms with E-state index >= 15 is 0 Å². The summed E-state index contributed by atoms with van der Waals surface area (Å²) >= 11 is 0. The quantitative estimate of drug-likeness (QED) is 0.594. The molecule has 1 aromatic rings. The van der Waals surface area contributed by atoms with E-state index in [1.165, 1.54) is 13.5 Å². The molecule has 0 aromatic heterocycles. The highest BCUT2D eigenvalue weighted by atomic mass is 16.5. The molecule has 0 aliphatic rings. The molecule has 0 radical (unpaired) electrons. The molecule has 0 aliphatic carbocycles. The minimum Gasteiger partial charge on any atom is -0.507 e. The van der Waals surface area contributed by atoms with E-state index in [-0.39, 0.29) is 11.3 Å². The average Bonchev–Trinajstić information content (AvgIpc) is 2.28. The molecule has 1 aromatic carbocycles. The number of unbranched alkanes of at least 4 members (excludes halogenated alkanes) is 2. The summed E-state index contributed by atoms with van der Waals surface area (Å²) in [6.07, 6.45) is 4.93. The highest BCUT2D eigenvalue weighted by Crippen LogP contribution is 2.28. The summed E-state index contributed by atoms with van der Waals surface area (Å²) < 4.78 is 5.07. The van der Waals surface area contributed by atoms with Crippen LogP contribution in [-0.2, 0) is 6.42 Å². The van der Waals surface area contributed by atoms with Crippen molar-refractivity contribution in [3.05, 3.63) is 23.3 Å². The fourth-order valence-electron chi connectivity index (χ4n) is 1.68. The molecule has 16 heavy (non-hydrogen) atoms. The van der Waals surface area contributed by atoms with Gasteiger partial charge in [0.05, 0.1) is 12.7 Å². The van der Waals surface area contributed by atoms with Gasteiger partial charge in [0.1, 0.15) is 11.5 Å². The van der Waals surface area contributed by atoms with Crippen molar-refractivity contribution in [2.24, 2.45) is 0 Å². The van der Waals surface area contributed by atoms with Gasteiger partial charge < -0.3 is 9.84 Å². The highest BCUT2D eigenvalue weighted by Gasteiger charge is 2.09. The molecular weight excluding hydrogens is 204 g/mol. The summed E-state index contributed by atoms with van der Waals surface area (Å²) in [7, 11) is 1.50. The van der Waals surface area contributed by atoms with Crippen LogP contribution >= 0.6 is 0 Å². The Kier molecular flexibility index (Phi) is 4.83. The Labute approximate surface area is 96.1 Å². The number of benzene rings is 1. The molecule has 0 heterocycles. The van der Waals surface area contributed by atoms with Crippen LogP contribution in [0, 0.1) is 0 Å². The van der Waals surface area contributed by atoms with Crippen LogP contribution in [0.5, 0.6) is 11.5 Å². The first-order chi connectivity index (χ1) is 7.72. The van der Waals surface area contributed by atoms with Gasteiger partial charge in [0.15, 0.2) is 6.29 Å². The van der Waals surface area contributed by atoms with Crippen LogP contribution in [0.3, 0.4) is 0 Å². The van der Waals surface area contributed by atoms with Crippen LogP contribution in [0.25, 0.3) is 0 Å². The van der Waals surface area contributed by atoms with Crippen LogP contribution in [-0.4, -0.2) is 18.5 Å². The van der Waals surface area contributed by atoms with E-state index in [1.807, 2.05) is 6.07 Å². The van der Waals surface area contributed by atoms with Gasteiger partial charge in [0, 0.05) is 0 Å². The van der Waals surface area contributed by atoms with Crippen LogP contribution < -0.4 is 4.74 Å². The number of aryl methyl sites for hydroxylation is 1. The third-order valence-corrected chi connectivity index (χ3v) is 2.59. The van der Waals surface area contributed by atoms with Crippen molar-refractivity contribution in [1.82, 2.24) is 0 Å². The molecular formula is C13H18O3. The van der Waals surface area contributed by atoms with Crippen molar-refractivity contribution < 1.29 is 14.6 Å². The second-order valence-corrected chi connectivity index (χ2v) is 3.81. The van der Waals surface area contributed by atoms with E-state index in [1.54, 1.807) is 6.07 Å². The molecule has 3 nitrogen and oxygen atoms in total. The number of carbonyl (C=O) groups excluding carboxylic acids is 1. The largest absolute Gasteiger partial charge is 0.507 e. The smallest absolute Gasteiger partial charge is 0.157 e. The minimum atomic E-state index is 0.000786. The van der Waals surface area contributed by atoms with E-state index in [0.717, 1.165) is 24.8 Å². The monoisotopic (exact) mass is 222 g/mol. The Morgan fingerprint density at radius 3 is 2.69 bits per heavy atom. The number of aromatic hydroxyl groups is 1. The summed E-state index contributed by atoms with van der Waals surface area (Å²) in [5.74, 6) is 0.447. The molecule has 0 atom stereocenters. The number of ether oxygens (including phenoxy) is 1. The fraction of sp³-hybridized carbons (Fsp3) is 0.462. The Bertz CT molecular complexity index is 358. The standard InChI is InChI=1S/C13H18O3/c1-3-4-5-6-10-7-12(15)11(9-14)13(8-10)16-2/h7-9,15H,3-6H2,1-2H3. The minimum absolute atomic E-state index is 0.000786. The molecule has 0 aliphatic heterocycles. The number of aldehydes is 1. The Hall–Kier alpha value is -1.51. The molecule has 0 saturated heterocycles. The third-order valence-electron chi connectivity index (χ3n) is 2.59. The lowest BCUT2D eigenvalue weighted by Crippen LogP contribution is -1.94. The van der Waals surface area contributed by atoms with Crippen molar-refractivity contribution in [2.75, 3.05) is 7.11 Å². The lowest BCUT2D eigenvalue weighted by molar-refractivity contribution is 0.111. The lowest BCUT2D eigenvalue weighted by atomic mass is 10.0. The maximum atomic E-state index is 10.7. The first-order valence-corrected chi connectivity index (χ1v) is 5.58. The van der Waals surface area contributed by atoms with E-state index in [2.05, 4.69) is 6.92 Å². The lowest BCUT2D eigenvalue weighted by Gasteiger charge is -2.09. The maximum Gasteiger partial charge on any atom is 0.157 e. The zero-order valence-corrected chi connectivity index (χ0v) is 9.82. The topological polar surface area (TPSA) is 46.5 Å². The third kappa shape index (κ3) is 2.99. The Morgan fingerprint density at radius 2 is 2.12 bits per heavy atom. The van der Waals surface area contributed by atoms with E-state index in [0.29, 0.717) is 12.0 Å². The first-order valence-electron chi connectivity index (χ1n) is 5.58. The zero-order chi connectivity index (χ0) is 12.0. The van der Waals surface area contributed by atoms with Crippen LogP contribution in [0.2, 0.25) is 0 Å². The van der Waals surface area contributed by atoms with Gasteiger partial charge in [-0.3, -0.25) is 4.79 Å². The van der Waals surface area contributed by atoms with Crippen LogP contribution in [0.15, 0.2) is 12.1 Å². The molecule has 0 fully saturated rings. The van der Waals surface area contributed by atoms with Crippen molar-refractivity contribution in [3.8, 4) is 11.5 Å². The summed E-state index contributed by atoms with van der Waals surface area (Å²) in [4.78, 5) is 10.7. The summed E-state index contributed by atoms with van der Waals surface area (Å²) in [5.41, 5.74) is 1.23. The van der Waals surface area contributed by atoms with Gasteiger partial charge in [0.2, 0.25) is 0 Å². The second kappa shape index (κ2) is 6.16. The van der Waals surface area contributed by atoms with Crippen molar-refractivity contribution in [2.45, 2.75) is 32.6 Å². The maximum absolute atomic E-state index is 10.7. The van der Waals surface area contributed by atoms with Gasteiger partial charge in [-0.25, -0.2) is 0 Å². The molecule has 3 heteroatoms. The number of rotatable bonds is 6. The molecule has 0 spiro atoms. The zero-order valence-electron chi connectivity index (χ0n) is 9.82. The predicted octanol–water partition coefficient (Wildman–Crippen LogP) is 2.95. The first kappa shape index (κ1) is 12.6. The van der Waals surface area contributed by atoms with E-state index < -0.39 is 0 Å². The molecule has 1 N–H and O–H groups in total. The average molecular weight is 222 g/mol. The number of carbonyl (C=O) groups is 1. The molecule has 0 unspecified atom stereocenters. The van der Waals surface area contributed by atoms with Gasteiger partial charge >= 0.3 is 0 Å². The number of hydrogen-bond donors (Lipinski definition) is 1. The predicted molar refractivity (Wildman–Crippen MR) is 63.3 cm³/mol. The van der Waals surface area contributed by atoms with Crippen molar-refractivity contribution >= 4 is 6.29 Å². The fourth-order valence-corrected chi connectivity index (χ4v) is 1.68. The van der Waals surface area contributed by atoms with Crippen molar-refractivity contribution in [3.63, 3.8) is 0 Å². The van der Waals surface area contributed by atoms with Gasteiger partial charge in [-0.2, -0.15) is 0 Å². The van der Waals surface area contributed by atoms with Crippen LogP contribution in [0.4, 0.5) is 0 Å². The van der Waals surface area contributed by atoms with E-state index in [4.69, 9.17) is 4.74 Å². The molecule has 0 bridgehead atoms. The molecule has 1 rings (SSSR count). The Balaban J connectivity index is 2.87. The summed E-state index contributed by atoms with van der Waals surface area (Å²) in [6, 6.07) is 3.46. The van der Waals surface area contributed by atoms with Crippen molar-refractivity contribution in [1.29, 1.82) is 0 Å². The summed E-state index contributed by atoms with van der Waals surface area (Å²) in [6.45, 7) is 2.15. The number of phenolic OH excluding ortho intramolecular Hbond substituents is 1. The van der Waals surface area contributed by atoms with Gasteiger partial charge in [-0.15, -0.1) is 0 Å².